The van der Waals surface area contributed by atoms with Crippen molar-refractivity contribution in [3.8, 4) is 0 Å². The molecule has 0 bridgehead atoms. The van der Waals surface area contributed by atoms with Crippen LogP contribution in [-0.4, -0.2) is 68.6 Å². The van der Waals surface area contributed by atoms with Crippen molar-refractivity contribution in [3.05, 3.63) is 64.8 Å². The summed E-state index contributed by atoms with van der Waals surface area (Å²) < 4.78 is 12.1. The van der Waals surface area contributed by atoms with Gasteiger partial charge in [-0.1, -0.05) is 12.1 Å². The van der Waals surface area contributed by atoms with Gasteiger partial charge < -0.3 is 15.1 Å². The Morgan fingerprint density at radius 1 is 1.12 bits per heavy atom. The zero-order valence-electron chi connectivity index (χ0n) is 22.1. The van der Waals surface area contributed by atoms with Crippen LogP contribution in [-0.2, 0) is 20.3 Å². The van der Waals surface area contributed by atoms with Gasteiger partial charge in [0.2, 0.25) is 18.0 Å². The Hall–Kier alpha value is -3.20. The molecule has 9 nitrogen and oxygen atoms in total. The number of fused-ring (bicyclic) bond motifs is 2. The van der Waals surface area contributed by atoms with Gasteiger partial charge in [-0.15, -0.1) is 11.3 Å². The van der Waals surface area contributed by atoms with Gasteiger partial charge >= 0.3 is 8.03 Å². The standard InChI is InChI=1S/C29H31N4O5PS/c34-27(26-14-21-13-18(17-39(37)38)6-9-25(21)40-26)31-23-5-1-4-22-7-8-24(33(22)28(23)35)29(36)32-12-10-20(16-32)19-3-2-11-30-15-19/h2-3,6,9,11,13-15,20,22-24H,1,4-5,7-8,10,12,16-17H2,(H-,31,34,37,38)/p+1/t20?,22-,23-,24-/m0/s1. The fourth-order valence-electron chi connectivity index (χ4n) is 6.49. The van der Waals surface area contributed by atoms with Gasteiger partial charge in [0.1, 0.15) is 12.1 Å². The lowest BCUT2D eigenvalue weighted by Crippen LogP contribution is -2.54. The Morgan fingerprint density at radius 3 is 2.80 bits per heavy atom. The summed E-state index contributed by atoms with van der Waals surface area (Å²) in [5.74, 6) is -0.205. The van der Waals surface area contributed by atoms with Crippen molar-refractivity contribution >= 4 is 47.2 Å². The van der Waals surface area contributed by atoms with Crippen molar-refractivity contribution in [2.45, 2.75) is 68.7 Å². The van der Waals surface area contributed by atoms with Crippen LogP contribution in [0.15, 0.2) is 48.8 Å². The van der Waals surface area contributed by atoms with Gasteiger partial charge in [0, 0.05) is 47.7 Å². The lowest BCUT2D eigenvalue weighted by Gasteiger charge is -2.32. The first-order valence-corrected chi connectivity index (χ1v) is 16.1. The van der Waals surface area contributed by atoms with Crippen molar-refractivity contribution in [1.82, 2.24) is 20.1 Å². The number of likely N-dealkylation sites (tertiary alicyclic amines) is 1. The normalized spacial score (nSPS) is 25.1. The minimum Gasteiger partial charge on any atom is -0.340 e. The van der Waals surface area contributed by atoms with E-state index < -0.39 is 20.1 Å². The summed E-state index contributed by atoms with van der Waals surface area (Å²) in [6, 6.07) is 10.1. The third-order valence-electron chi connectivity index (χ3n) is 8.45. The van der Waals surface area contributed by atoms with Gasteiger partial charge in [-0.25, -0.2) is 0 Å². The highest BCUT2D eigenvalue weighted by molar-refractivity contribution is 7.37. The van der Waals surface area contributed by atoms with Gasteiger partial charge in [0.05, 0.1) is 4.88 Å². The van der Waals surface area contributed by atoms with Gasteiger partial charge in [-0.3, -0.25) is 19.4 Å². The smallest absolute Gasteiger partial charge is 0.340 e. The van der Waals surface area contributed by atoms with Crippen LogP contribution < -0.4 is 5.32 Å². The molecule has 3 fully saturated rings. The number of nitrogens with zero attached hydrogens (tertiary/aromatic N) is 3. The molecule has 3 aliphatic rings. The number of benzene rings is 1. The Kier molecular flexibility index (Phi) is 7.66. The minimum absolute atomic E-state index is 0.0131. The summed E-state index contributed by atoms with van der Waals surface area (Å²) in [6.45, 7) is 1.31. The Bertz CT molecular complexity index is 1460. The first-order valence-electron chi connectivity index (χ1n) is 13.8. The van der Waals surface area contributed by atoms with Crippen LogP contribution in [0.25, 0.3) is 10.1 Å². The molecular weight excluding hydrogens is 547 g/mol. The zero-order chi connectivity index (χ0) is 27.8. The van der Waals surface area contributed by atoms with E-state index in [1.54, 1.807) is 23.2 Å². The third kappa shape index (κ3) is 5.40. The van der Waals surface area contributed by atoms with Crippen LogP contribution in [0, 0.1) is 0 Å². The van der Waals surface area contributed by atoms with E-state index in [0.717, 1.165) is 46.9 Å². The molecule has 3 aliphatic heterocycles. The number of rotatable bonds is 6. The maximum absolute atomic E-state index is 13.8. The summed E-state index contributed by atoms with van der Waals surface area (Å²) in [7, 11) is -2.28. The first-order chi connectivity index (χ1) is 19.4. The largest absolute Gasteiger partial charge is 0.510 e. The van der Waals surface area contributed by atoms with Crippen LogP contribution >= 0.6 is 19.4 Å². The molecule has 2 unspecified atom stereocenters. The molecule has 208 valence electrons. The second kappa shape index (κ2) is 11.4. The number of carbonyl (C=O) groups excluding carboxylic acids is 3. The highest BCUT2D eigenvalue weighted by Crippen LogP contribution is 2.35. The summed E-state index contributed by atoms with van der Waals surface area (Å²) in [4.78, 5) is 58.4. The number of thiophene rings is 1. The lowest BCUT2D eigenvalue weighted by molar-refractivity contribution is -0.145. The third-order valence-corrected chi connectivity index (χ3v) is 10.2. The maximum atomic E-state index is 13.8. The predicted molar refractivity (Wildman–Crippen MR) is 152 cm³/mol. The lowest BCUT2D eigenvalue weighted by atomic mass is 10.0. The summed E-state index contributed by atoms with van der Waals surface area (Å²) >= 11 is 1.33. The highest BCUT2D eigenvalue weighted by atomic mass is 32.1. The molecule has 0 radical (unpaired) electrons. The van der Waals surface area contributed by atoms with E-state index in [-0.39, 0.29) is 35.8 Å². The van der Waals surface area contributed by atoms with Crippen molar-refractivity contribution in [1.29, 1.82) is 0 Å². The molecule has 0 aliphatic carbocycles. The molecule has 3 amide bonds. The number of amides is 3. The topological polar surface area (TPSA) is 120 Å². The Labute approximate surface area is 237 Å². The second-order valence-electron chi connectivity index (χ2n) is 11.0. The number of nitrogens with one attached hydrogen (secondary N) is 1. The molecule has 3 aromatic rings. The Balaban J connectivity index is 1.14. The van der Waals surface area contributed by atoms with Crippen LogP contribution in [0.1, 0.15) is 65.2 Å². The molecule has 2 N–H and O–H groups in total. The van der Waals surface area contributed by atoms with Crippen LogP contribution in [0.2, 0.25) is 0 Å². The molecule has 3 saturated heterocycles. The quantitative estimate of drug-likeness (QED) is 0.423. The second-order valence-corrected chi connectivity index (χ2v) is 13.1. The molecule has 40 heavy (non-hydrogen) atoms. The van der Waals surface area contributed by atoms with E-state index in [4.69, 9.17) is 0 Å². The maximum Gasteiger partial charge on any atom is 0.510 e. The number of pyridine rings is 1. The van der Waals surface area contributed by atoms with E-state index in [9.17, 15) is 23.8 Å². The zero-order valence-corrected chi connectivity index (χ0v) is 23.8. The van der Waals surface area contributed by atoms with Gasteiger partial charge in [-0.2, -0.15) is 4.89 Å². The van der Waals surface area contributed by atoms with E-state index in [1.165, 1.54) is 11.3 Å². The van der Waals surface area contributed by atoms with Crippen molar-refractivity contribution < 1.29 is 23.8 Å². The number of hydrogen-bond donors (Lipinski definition) is 2. The molecule has 6 rings (SSSR count). The molecule has 0 spiro atoms. The van der Waals surface area contributed by atoms with Gasteiger partial charge in [-0.05, 0) is 78.3 Å². The summed E-state index contributed by atoms with van der Waals surface area (Å²) in [6.07, 6.45) is 8.21. The minimum atomic E-state index is -2.28. The number of carbonyl (C=O) groups is 3. The SMILES string of the molecule is O=C(N[C@H]1CCC[C@H]2CC[C@@H](C(=O)N3CCC(c4cccnc4)C3)N2C1=O)c1cc2cc(C[P+](=O)O)ccc2s1. The van der Waals surface area contributed by atoms with Crippen molar-refractivity contribution in [2.24, 2.45) is 0 Å². The average Bonchev–Trinajstić information content (AvgIpc) is 3.68. The Morgan fingerprint density at radius 2 is 2.00 bits per heavy atom. The van der Waals surface area contributed by atoms with Gasteiger partial charge in [0.25, 0.3) is 5.91 Å². The van der Waals surface area contributed by atoms with E-state index >= 15 is 0 Å². The summed E-state index contributed by atoms with van der Waals surface area (Å²) in [5.41, 5.74) is 1.87. The predicted octanol–water partition coefficient (Wildman–Crippen LogP) is 4.19. The average molecular weight is 580 g/mol. The van der Waals surface area contributed by atoms with Crippen molar-refractivity contribution in [3.63, 3.8) is 0 Å². The van der Waals surface area contributed by atoms with E-state index in [2.05, 4.69) is 16.4 Å². The molecule has 0 saturated carbocycles. The number of aromatic nitrogens is 1. The van der Waals surface area contributed by atoms with Crippen LogP contribution in [0.4, 0.5) is 0 Å². The molecule has 5 atom stereocenters. The highest BCUT2D eigenvalue weighted by Gasteiger charge is 2.46. The fourth-order valence-corrected chi connectivity index (χ4v) is 7.94. The molecular formula is C29H32N4O5PS+. The van der Waals surface area contributed by atoms with Crippen LogP contribution in [0.3, 0.4) is 0 Å². The van der Waals surface area contributed by atoms with E-state index in [0.29, 0.717) is 30.8 Å². The number of hydrogen-bond acceptors (Lipinski definition) is 6. The van der Waals surface area contributed by atoms with Gasteiger partial charge in [0.15, 0.2) is 0 Å². The molecule has 5 heterocycles. The fraction of sp³-hybridized carbons (Fsp3) is 0.448. The van der Waals surface area contributed by atoms with Crippen molar-refractivity contribution in [2.75, 3.05) is 13.1 Å². The molecule has 11 heteroatoms. The monoisotopic (exact) mass is 579 g/mol. The van der Waals surface area contributed by atoms with Crippen LogP contribution in [0.5, 0.6) is 0 Å². The summed E-state index contributed by atoms with van der Waals surface area (Å²) in [5, 5.41) is 3.80. The van der Waals surface area contributed by atoms with E-state index in [1.807, 2.05) is 29.3 Å². The first kappa shape index (κ1) is 27.0. The molecule has 1 aromatic carbocycles. The molecule has 2 aromatic heterocycles.